The monoisotopic (exact) mass is 368 g/mol. The van der Waals surface area contributed by atoms with Gasteiger partial charge in [0, 0.05) is 31.9 Å². The Bertz CT molecular complexity index is 761. The highest BCUT2D eigenvalue weighted by Gasteiger charge is 2.43. The maximum Gasteiger partial charge on any atom is 0.224 e. The van der Waals surface area contributed by atoms with Gasteiger partial charge in [0.2, 0.25) is 5.91 Å². The van der Waals surface area contributed by atoms with E-state index >= 15 is 0 Å². The molecule has 144 valence electrons. The Kier molecular flexibility index (Phi) is 5.50. The van der Waals surface area contributed by atoms with Crippen molar-refractivity contribution in [1.29, 1.82) is 0 Å². The van der Waals surface area contributed by atoms with Crippen LogP contribution in [0.5, 0.6) is 0 Å². The molecule has 1 aromatic heterocycles. The fourth-order valence-electron chi connectivity index (χ4n) is 4.45. The van der Waals surface area contributed by atoms with Crippen molar-refractivity contribution in [3.8, 4) is 0 Å². The van der Waals surface area contributed by atoms with Crippen LogP contribution >= 0.6 is 0 Å². The predicted octanol–water partition coefficient (Wildman–Crippen LogP) is 1.02. The largest absolute Gasteiger partial charge is 0.352 e. The number of fused-ring (bicyclic) bond motifs is 3. The standard InChI is InChI=1S/C20H28N6O/c1-21-11-17-12-26(24-23-17)13-18-9-16-7-8-25(18)14-19(16)20(27)22-10-15-5-3-2-4-6-15/h2-6,12,16,18-19,21H,7-11,13-14H2,1H3,(H,22,27)/t16-,18-,19+/m1/s1. The number of carbonyl (C=O) groups excluding carboxylic acids is 1. The number of hydrogen-bond donors (Lipinski definition) is 2. The van der Waals surface area contributed by atoms with E-state index in [1.54, 1.807) is 0 Å². The van der Waals surface area contributed by atoms with E-state index in [4.69, 9.17) is 0 Å². The first kappa shape index (κ1) is 18.1. The first-order chi connectivity index (χ1) is 13.2. The summed E-state index contributed by atoms with van der Waals surface area (Å²) >= 11 is 0. The molecule has 0 radical (unpaired) electrons. The third-order valence-corrected chi connectivity index (χ3v) is 5.87. The summed E-state index contributed by atoms with van der Waals surface area (Å²) in [7, 11) is 1.91. The van der Waals surface area contributed by atoms with Crippen molar-refractivity contribution in [1.82, 2.24) is 30.5 Å². The molecule has 3 aliphatic heterocycles. The van der Waals surface area contributed by atoms with E-state index < -0.39 is 0 Å². The summed E-state index contributed by atoms with van der Waals surface area (Å²) in [6, 6.07) is 10.6. The van der Waals surface area contributed by atoms with Crippen LogP contribution in [0.3, 0.4) is 0 Å². The number of piperidine rings is 3. The van der Waals surface area contributed by atoms with Crippen molar-refractivity contribution < 1.29 is 4.79 Å². The van der Waals surface area contributed by atoms with E-state index in [2.05, 4.69) is 25.8 Å². The van der Waals surface area contributed by atoms with E-state index in [1.807, 2.05) is 48.3 Å². The first-order valence-electron chi connectivity index (χ1n) is 9.82. The fraction of sp³-hybridized carbons (Fsp3) is 0.550. The van der Waals surface area contributed by atoms with Crippen molar-refractivity contribution in [2.75, 3.05) is 20.1 Å². The summed E-state index contributed by atoms with van der Waals surface area (Å²) in [5.74, 6) is 0.773. The molecule has 4 atom stereocenters. The van der Waals surface area contributed by atoms with Crippen LogP contribution in [0.1, 0.15) is 24.1 Å². The van der Waals surface area contributed by atoms with Gasteiger partial charge >= 0.3 is 0 Å². The van der Waals surface area contributed by atoms with Gasteiger partial charge in [-0.05, 0) is 37.9 Å². The van der Waals surface area contributed by atoms with Gasteiger partial charge in [0.05, 0.1) is 18.2 Å². The Morgan fingerprint density at radius 1 is 1.26 bits per heavy atom. The molecule has 4 heterocycles. The molecule has 7 nitrogen and oxygen atoms in total. The molecular formula is C20H28N6O. The summed E-state index contributed by atoms with van der Waals surface area (Å²) in [6.45, 7) is 4.13. The van der Waals surface area contributed by atoms with Crippen molar-refractivity contribution in [3.05, 3.63) is 47.8 Å². The molecule has 27 heavy (non-hydrogen) atoms. The molecule has 3 fully saturated rings. The lowest BCUT2D eigenvalue weighted by molar-refractivity contribution is -0.133. The van der Waals surface area contributed by atoms with Gasteiger partial charge < -0.3 is 10.6 Å². The highest BCUT2D eigenvalue weighted by atomic mass is 16.1. The van der Waals surface area contributed by atoms with E-state index in [-0.39, 0.29) is 11.8 Å². The van der Waals surface area contributed by atoms with Gasteiger partial charge in [-0.25, -0.2) is 0 Å². The normalized spacial score (nSPS) is 26.9. The zero-order chi connectivity index (χ0) is 18.6. The third kappa shape index (κ3) is 4.20. The van der Waals surface area contributed by atoms with E-state index in [9.17, 15) is 4.79 Å². The van der Waals surface area contributed by atoms with Crippen molar-refractivity contribution in [3.63, 3.8) is 0 Å². The summed E-state index contributed by atoms with van der Waals surface area (Å²) in [5, 5.41) is 14.7. The zero-order valence-corrected chi connectivity index (χ0v) is 15.8. The minimum absolute atomic E-state index is 0.106. The van der Waals surface area contributed by atoms with Gasteiger partial charge in [0.1, 0.15) is 0 Å². The van der Waals surface area contributed by atoms with Crippen LogP contribution in [0.2, 0.25) is 0 Å². The molecule has 1 aromatic carbocycles. The topological polar surface area (TPSA) is 75.1 Å². The molecule has 0 aliphatic carbocycles. The SMILES string of the molecule is CNCc1cn(C[C@H]2C[C@H]3CCN2C[C@@H]3C(=O)NCc2ccccc2)nn1. The molecular weight excluding hydrogens is 340 g/mol. The van der Waals surface area contributed by atoms with Gasteiger partial charge in [-0.2, -0.15) is 0 Å². The average Bonchev–Trinajstić information content (AvgIpc) is 3.14. The maximum atomic E-state index is 12.7. The van der Waals surface area contributed by atoms with Crippen LogP contribution in [0, 0.1) is 11.8 Å². The van der Waals surface area contributed by atoms with E-state index in [1.165, 1.54) is 0 Å². The quantitative estimate of drug-likeness (QED) is 0.763. The Balaban J connectivity index is 1.32. The molecule has 2 bridgehead atoms. The molecule has 1 amide bonds. The second kappa shape index (κ2) is 8.19. The van der Waals surface area contributed by atoms with E-state index in [0.29, 0.717) is 18.5 Å². The van der Waals surface area contributed by atoms with Gasteiger partial charge in [-0.3, -0.25) is 14.4 Å². The van der Waals surface area contributed by atoms with Crippen LogP contribution in [0.15, 0.2) is 36.5 Å². The van der Waals surface area contributed by atoms with Gasteiger partial charge in [-0.1, -0.05) is 35.5 Å². The molecule has 7 heteroatoms. The molecule has 2 N–H and O–H groups in total. The highest BCUT2D eigenvalue weighted by Crippen LogP contribution is 2.36. The van der Waals surface area contributed by atoms with Crippen molar-refractivity contribution in [2.24, 2.45) is 11.8 Å². The molecule has 5 rings (SSSR count). The number of nitrogens with one attached hydrogen (secondary N) is 2. The first-order valence-corrected chi connectivity index (χ1v) is 9.82. The Hall–Kier alpha value is -2.25. The Labute approximate surface area is 160 Å². The van der Waals surface area contributed by atoms with Crippen LogP contribution < -0.4 is 10.6 Å². The highest BCUT2D eigenvalue weighted by molar-refractivity contribution is 5.79. The minimum Gasteiger partial charge on any atom is -0.352 e. The summed E-state index contributed by atoms with van der Waals surface area (Å²) in [6.07, 6.45) is 4.19. The molecule has 1 unspecified atom stereocenters. The Morgan fingerprint density at radius 3 is 2.85 bits per heavy atom. The minimum atomic E-state index is 0.106. The number of hydrogen-bond acceptors (Lipinski definition) is 5. The second-order valence-corrected chi connectivity index (χ2v) is 7.71. The Morgan fingerprint density at radius 2 is 2.11 bits per heavy atom. The lowest BCUT2D eigenvalue weighted by Crippen LogP contribution is -2.58. The van der Waals surface area contributed by atoms with Crippen molar-refractivity contribution in [2.45, 2.75) is 38.5 Å². The molecule has 3 saturated heterocycles. The number of rotatable bonds is 7. The number of aromatic nitrogens is 3. The number of carbonyl (C=O) groups is 1. The van der Waals surface area contributed by atoms with Gasteiger partial charge in [0.25, 0.3) is 0 Å². The van der Waals surface area contributed by atoms with Crippen LogP contribution in [-0.4, -0.2) is 52.0 Å². The summed E-state index contributed by atoms with van der Waals surface area (Å²) < 4.78 is 1.95. The van der Waals surface area contributed by atoms with Gasteiger partial charge in [0.15, 0.2) is 0 Å². The molecule has 0 saturated carbocycles. The number of nitrogens with zero attached hydrogens (tertiary/aromatic N) is 4. The second-order valence-electron chi connectivity index (χ2n) is 7.71. The van der Waals surface area contributed by atoms with Crippen molar-refractivity contribution >= 4 is 5.91 Å². The summed E-state index contributed by atoms with van der Waals surface area (Å²) in [5.41, 5.74) is 2.11. The molecule has 3 aliphatic rings. The maximum absolute atomic E-state index is 12.7. The number of amides is 1. The smallest absolute Gasteiger partial charge is 0.224 e. The predicted molar refractivity (Wildman–Crippen MR) is 103 cm³/mol. The fourth-order valence-corrected chi connectivity index (χ4v) is 4.45. The average molecular weight is 368 g/mol. The lowest BCUT2D eigenvalue weighted by Gasteiger charge is -2.49. The molecule has 0 spiro atoms. The summed E-state index contributed by atoms with van der Waals surface area (Å²) in [4.78, 5) is 15.2. The van der Waals surface area contributed by atoms with Crippen LogP contribution in [0.25, 0.3) is 0 Å². The molecule has 2 aromatic rings. The van der Waals surface area contributed by atoms with Crippen LogP contribution in [-0.2, 0) is 24.4 Å². The van der Waals surface area contributed by atoms with Crippen LogP contribution in [0.4, 0.5) is 0 Å². The number of benzene rings is 1. The zero-order valence-electron chi connectivity index (χ0n) is 15.8. The van der Waals surface area contributed by atoms with E-state index in [0.717, 1.165) is 50.3 Å². The third-order valence-electron chi connectivity index (χ3n) is 5.87. The lowest BCUT2D eigenvalue weighted by atomic mass is 9.75. The van der Waals surface area contributed by atoms with Gasteiger partial charge in [-0.15, -0.1) is 5.10 Å².